The van der Waals surface area contributed by atoms with Crippen LogP contribution in [0.5, 0.6) is 5.75 Å². The molecule has 0 aliphatic carbocycles. The summed E-state index contributed by atoms with van der Waals surface area (Å²) in [7, 11) is 0. The Hall–Kier alpha value is -2.86. The molecule has 0 radical (unpaired) electrons. The normalized spacial score (nSPS) is 16.1. The molecule has 2 heterocycles. The van der Waals surface area contributed by atoms with Crippen molar-refractivity contribution in [1.82, 2.24) is 0 Å². The Balaban J connectivity index is 1.61. The summed E-state index contributed by atoms with van der Waals surface area (Å²) >= 11 is 1.47. The number of thiophene rings is 1. The van der Waals surface area contributed by atoms with E-state index < -0.39 is 6.10 Å². The summed E-state index contributed by atoms with van der Waals surface area (Å²) in [4.78, 5) is 25.1. The molecular formula is C19H16N2O3S. The van der Waals surface area contributed by atoms with E-state index in [0.717, 1.165) is 15.6 Å². The Morgan fingerprint density at radius 1 is 1.24 bits per heavy atom. The molecule has 2 aromatic carbocycles. The third-order valence-corrected chi connectivity index (χ3v) is 5.49. The molecule has 5 nitrogen and oxygen atoms in total. The van der Waals surface area contributed by atoms with Crippen LogP contribution in [-0.2, 0) is 4.79 Å². The highest BCUT2D eigenvalue weighted by molar-refractivity contribution is 7.21. The molecule has 0 fully saturated rings. The van der Waals surface area contributed by atoms with E-state index in [1.165, 1.54) is 11.3 Å². The maximum absolute atomic E-state index is 12.7. The third kappa shape index (κ3) is 2.74. The first kappa shape index (κ1) is 15.7. The number of anilines is 2. The van der Waals surface area contributed by atoms with Crippen molar-refractivity contribution in [3.8, 4) is 5.75 Å². The SMILES string of the molecule is Cc1c(C(=O)Nc2ccc3c(c2)NC(=O)[C@@H](C)O3)sc2ccccc12. The standard InChI is InChI=1S/C19H16N2O3S/c1-10-13-5-3-4-6-16(13)25-17(10)19(23)20-12-7-8-15-14(9-12)21-18(22)11(2)24-15/h3-9,11H,1-2H3,(H,20,23)(H,21,22)/t11-/m1/s1. The van der Waals surface area contributed by atoms with E-state index in [0.29, 0.717) is 22.0 Å². The number of carbonyl (C=O) groups excluding carboxylic acids is 2. The molecule has 0 unspecified atom stereocenters. The predicted molar refractivity (Wildman–Crippen MR) is 99.7 cm³/mol. The van der Waals surface area contributed by atoms with Gasteiger partial charge in [0.05, 0.1) is 10.6 Å². The van der Waals surface area contributed by atoms with Gasteiger partial charge in [-0.25, -0.2) is 0 Å². The molecule has 2 amide bonds. The van der Waals surface area contributed by atoms with Gasteiger partial charge in [-0.2, -0.15) is 0 Å². The van der Waals surface area contributed by atoms with Crippen LogP contribution in [0.3, 0.4) is 0 Å². The second-order valence-electron chi connectivity index (χ2n) is 5.97. The van der Waals surface area contributed by atoms with Crippen LogP contribution in [0.2, 0.25) is 0 Å². The van der Waals surface area contributed by atoms with Gasteiger partial charge >= 0.3 is 0 Å². The summed E-state index contributed by atoms with van der Waals surface area (Å²) in [6.45, 7) is 3.65. The first-order chi connectivity index (χ1) is 12.0. The van der Waals surface area contributed by atoms with Crippen molar-refractivity contribution in [2.75, 3.05) is 10.6 Å². The molecule has 6 heteroatoms. The summed E-state index contributed by atoms with van der Waals surface area (Å²) in [5.41, 5.74) is 2.15. The average Bonchev–Trinajstić information content (AvgIpc) is 2.94. The molecule has 2 N–H and O–H groups in total. The number of aryl methyl sites for hydroxylation is 1. The number of hydrogen-bond acceptors (Lipinski definition) is 4. The number of hydrogen-bond donors (Lipinski definition) is 2. The van der Waals surface area contributed by atoms with Gasteiger partial charge in [-0.3, -0.25) is 9.59 Å². The molecule has 25 heavy (non-hydrogen) atoms. The first-order valence-electron chi connectivity index (χ1n) is 7.94. The van der Waals surface area contributed by atoms with Gasteiger partial charge in [0.2, 0.25) is 0 Å². The van der Waals surface area contributed by atoms with Gasteiger partial charge in [-0.05, 0) is 49.1 Å². The van der Waals surface area contributed by atoms with Gasteiger partial charge in [0.1, 0.15) is 5.75 Å². The molecular weight excluding hydrogens is 336 g/mol. The summed E-state index contributed by atoms with van der Waals surface area (Å²) in [5.74, 6) is 0.245. The summed E-state index contributed by atoms with van der Waals surface area (Å²) in [5, 5.41) is 6.78. The molecule has 126 valence electrons. The monoisotopic (exact) mass is 352 g/mol. The van der Waals surface area contributed by atoms with Crippen molar-refractivity contribution < 1.29 is 14.3 Å². The molecule has 1 atom stereocenters. The number of ether oxygens (including phenoxy) is 1. The zero-order valence-corrected chi connectivity index (χ0v) is 14.6. The van der Waals surface area contributed by atoms with E-state index in [9.17, 15) is 9.59 Å². The van der Waals surface area contributed by atoms with E-state index in [4.69, 9.17) is 4.74 Å². The van der Waals surface area contributed by atoms with Crippen molar-refractivity contribution in [1.29, 1.82) is 0 Å². The fourth-order valence-electron chi connectivity index (χ4n) is 2.87. The first-order valence-corrected chi connectivity index (χ1v) is 8.75. The molecule has 3 aromatic rings. The van der Waals surface area contributed by atoms with Crippen LogP contribution in [0.1, 0.15) is 22.2 Å². The van der Waals surface area contributed by atoms with Crippen molar-refractivity contribution in [2.24, 2.45) is 0 Å². The minimum absolute atomic E-state index is 0.157. The van der Waals surface area contributed by atoms with E-state index in [1.54, 1.807) is 25.1 Å². The van der Waals surface area contributed by atoms with Crippen LogP contribution < -0.4 is 15.4 Å². The zero-order valence-electron chi connectivity index (χ0n) is 13.8. The van der Waals surface area contributed by atoms with Gasteiger partial charge in [0.25, 0.3) is 11.8 Å². The average molecular weight is 352 g/mol. The number of benzene rings is 2. The van der Waals surface area contributed by atoms with Crippen LogP contribution in [0.15, 0.2) is 42.5 Å². The van der Waals surface area contributed by atoms with E-state index >= 15 is 0 Å². The van der Waals surface area contributed by atoms with E-state index in [2.05, 4.69) is 10.6 Å². The molecule has 4 rings (SSSR count). The van der Waals surface area contributed by atoms with Crippen molar-refractivity contribution in [3.05, 3.63) is 52.9 Å². The Bertz CT molecular complexity index is 1010. The van der Waals surface area contributed by atoms with Crippen molar-refractivity contribution in [2.45, 2.75) is 20.0 Å². The van der Waals surface area contributed by atoms with Crippen LogP contribution >= 0.6 is 11.3 Å². The number of amides is 2. The number of rotatable bonds is 2. The quantitative estimate of drug-likeness (QED) is 0.727. The molecule has 0 saturated heterocycles. The number of fused-ring (bicyclic) bond motifs is 2. The topological polar surface area (TPSA) is 67.4 Å². The molecule has 1 aliphatic rings. The van der Waals surface area contributed by atoms with Gasteiger partial charge in [-0.15, -0.1) is 11.3 Å². The van der Waals surface area contributed by atoms with Crippen molar-refractivity contribution >= 4 is 44.6 Å². The fourth-order valence-corrected chi connectivity index (χ4v) is 3.97. The Morgan fingerprint density at radius 3 is 2.84 bits per heavy atom. The van der Waals surface area contributed by atoms with Crippen LogP contribution in [0, 0.1) is 6.92 Å². The molecule has 1 aliphatic heterocycles. The maximum Gasteiger partial charge on any atom is 0.266 e. The highest BCUT2D eigenvalue weighted by atomic mass is 32.1. The second kappa shape index (κ2) is 5.89. The van der Waals surface area contributed by atoms with Crippen molar-refractivity contribution in [3.63, 3.8) is 0 Å². The van der Waals surface area contributed by atoms with E-state index in [-0.39, 0.29) is 11.8 Å². The Labute approximate surface area is 148 Å². The lowest BCUT2D eigenvalue weighted by molar-refractivity contribution is -0.122. The minimum Gasteiger partial charge on any atom is -0.479 e. The van der Waals surface area contributed by atoms with Gasteiger partial charge in [-0.1, -0.05) is 18.2 Å². The molecule has 0 spiro atoms. The predicted octanol–water partition coefficient (Wildman–Crippen LogP) is 4.18. The number of carbonyl (C=O) groups is 2. The lowest BCUT2D eigenvalue weighted by Crippen LogP contribution is -2.34. The second-order valence-corrected chi connectivity index (χ2v) is 7.02. The van der Waals surface area contributed by atoms with Crippen LogP contribution in [0.25, 0.3) is 10.1 Å². The minimum atomic E-state index is -0.519. The highest BCUT2D eigenvalue weighted by Crippen LogP contribution is 2.34. The smallest absolute Gasteiger partial charge is 0.266 e. The van der Waals surface area contributed by atoms with Crippen LogP contribution in [-0.4, -0.2) is 17.9 Å². The molecule has 0 bridgehead atoms. The molecule has 1 aromatic heterocycles. The van der Waals surface area contributed by atoms with Gasteiger partial charge in [0.15, 0.2) is 6.10 Å². The zero-order chi connectivity index (χ0) is 17.6. The fraction of sp³-hybridized carbons (Fsp3) is 0.158. The van der Waals surface area contributed by atoms with Gasteiger partial charge in [0, 0.05) is 10.4 Å². The highest BCUT2D eigenvalue weighted by Gasteiger charge is 2.24. The summed E-state index contributed by atoms with van der Waals surface area (Å²) in [6, 6.07) is 13.2. The van der Waals surface area contributed by atoms with Crippen LogP contribution in [0.4, 0.5) is 11.4 Å². The summed E-state index contributed by atoms with van der Waals surface area (Å²) in [6.07, 6.45) is -0.519. The Kier molecular flexibility index (Phi) is 3.69. The lowest BCUT2D eigenvalue weighted by Gasteiger charge is -2.23. The van der Waals surface area contributed by atoms with E-state index in [1.807, 2.05) is 31.2 Å². The lowest BCUT2D eigenvalue weighted by atomic mass is 10.1. The largest absolute Gasteiger partial charge is 0.479 e. The number of nitrogens with one attached hydrogen (secondary N) is 2. The molecule has 0 saturated carbocycles. The van der Waals surface area contributed by atoms with Gasteiger partial charge < -0.3 is 15.4 Å². The third-order valence-electron chi connectivity index (χ3n) is 4.22. The Morgan fingerprint density at radius 2 is 2.04 bits per heavy atom. The maximum atomic E-state index is 12.7. The summed E-state index contributed by atoms with van der Waals surface area (Å²) < 4.78 is 6.61.